The molecule has 0 aliphatic rings. The van der Waals surface area contributed by atoms with Gasteiger partial charge in [0.05, 0.1) is 29.0 Å². The molecule has 9 nitrogen and oxygen atoms in total. The van der Waals surface area contributed by atoms with E-state index in [1.807, 2.05) is 0 Å². The summed E-state index contributed by atoms with van der Waals surface area (Å²) in [5.41, 5.74) is 0.0998. The fourth-order valence-electron chi connectivity index (χ4n) is 2.73. The minimum absolute atomic E-state index is 0.0258. The summed E-state index contributed by atoms with van der Waals surface area (Å²) in [5, 5.41) is 14.4. The van der Waals surface area contributed by atoms with Crippen molar-refractivity contribution in [2.75, 3.05) is 24.4 Å². The average molecular weight is 397 g/mol. The molecule has 1 heterocycles. The second kappa shape index (κ2) is 8.30. The average Bonchev–Trinajstić information content (AvgIpc) is 2.74. The minimum atomic E-state index is -0.671. The van der Waals surface area contributed by atoms with Crippen molar-refractivity contribution in [2.24, 2.45) is 0 Å². The number of anilines is 4. The van der Waals surface area contributed by atoms with E-state index < -0.39 is 22.4 Å². The molecule has 29 heavy (non-hydrogen) atoms. The third-order valence-corrected chi connectivity index (χ3v) is 4.10. The number of ether oxygens (including phenoxy) is 1. The van der Waals surface area contributed by atoms with Crippen LogP contribution in [0.1, 0.15) is 10.4 Å². The molecule has 0 bridgehead atoms. The summed E-state index contributed by atoms with van der Waals surface area (Å²) >= 11 is 0. The van der Waals surface area contributed by atoms with Crippen LogP contribution in [0.2, 0.25) is 0 Å². The molecule has 0 saturated carbocycles. The number of nitrogens with zero attached hydrogens (tertiary/aromatic N) is 4. The Bertz CT molecular complexity index is 1080. The lowest BCUT2D eigenvalue weighted by molar-refractivity contribution is -0.383. The number of carbonyl (C=O) groups is 1. The fourth-order valence-corrected chi connectivity index (χ4v) is 2.73. The predicted molar refractivity (Wildman–Crippen MR) is 104 cm³/mol. The quantitative estimate of drug-likeness (QED) is 0.380. The van der Waals surface area contributed by atoms with Crippen LogP contribution in [0, 0.1) is 15.9 Å². The smallest absolute Gasteiger partial charge is 0.354 e. The zero-order valence-corrected chi connectivity index (χ0v) is 15.5. The number of halogens is 1. The third-order valence-electron chi connectivity index (χ3n) is 4.10. The van der Waals surface area contributed by atoms with Gasteiger partial charge < -0.3 is 15.0 Å². The zero-order valence-electron chi connectivity index (χ0n) is 15.5. The van der Waals surface area contributed by atoms with Crippen molar-refractivity contribution in [2.45, 2.75) is 0 Å². The number of hydrogen-bond donors (Lipinski definition) is 1. The number of hydrogen-bond acceptors (Lipinski definition) is 8. The van der Waals surface area contributed by atoms with Crippen molar-refractivity contribution in [1.82, 2.24) is 9.97 Å². The Hall–Kier alpha value is -4.08. The van der Waals surface area contributed by atoms with Gasteiger partial charge in [-0.1, -0.05) is 24.3 Å². The Balaban J connectivity index is 2.10. The minimum Gasteiger partial charge on any atom is -0.465 e. The number of aromatic nitrogens is 2. The van der Waals surface area contributed by atoms with Gasteiger partial charge >= 0.3 is 11.7 Å². The molecule has 2 aromatic carbocycles. The Labute approximate surface area is 164 Å². The number of esters is 1. The van der Waals surface area contributed by atoms with Crippen molar-refractivity contribution in [3.05, 3.63) is 76.4 Å². The first-order valence-electron chi connectivity index (χ1n) is 8.36. The lowest BCUT2D eigenvalue weighted by atomic mass is 10.1. The Morgan fingerprint density at radius 3 is 2.55 bits per heavy atom. The highest BCUT2D eigenvalue weighted by Crippen LogP contribution is 2.37. The van der Waals surface area contributed by atoms with Gasteiger partial charge in [-0.3, -0.25) is 10.1 Å². The highest BCUT2D eigenvalue weighted by atomic mass is 19.1. The molecule has 3 aromatic rings. The van der Waals surface area contributed by atoms with E-state index in [-0.39, 0.29) is 22.9 Å². The van der Waals surface area contributed by atoms with Crippen LogP contribution in [0.15, 0.2) is 54.9 Å². The van der Waals surface area contributed by atoms with Gasteiger partial charge in [-0.15, -0.1) is 0 Å². The monoisotopic (exact) mass is 397 g/mol. The van der Waals surface area contributed by atoms with Gasteiger partial charge in [-0.25, -0.2) is 19.2 Å². The van der Waals surface area contributed by atoms with E-state index in [9.17, 15) is 19.3 Å². The molecule has 0 saturated heterocycles. The number of nitrogens with one attached hydrogen (secondary N) is 1. The number of para-hydroxylation sites is 2. The summed E-state index contributed by atoms with van der Waals surface area (Å²) in [6.45, 7) is 0. The Kier molecular flexibility index (Phi) is 5.63. The van der Waals surface area contributed by atoms with Crippen LogP contribution < -0.4 is 10.2 Å². The molecule has 0 spiro atoms. The molecule has 0 aliphatic heterocycles. The second-order valence-corrected chi connectivity index (χ2v) is 5.82. The largest absolute Gasteiger partial charge is 0.465 e. The molecule has 3 rings (SSSR count). The number of rotatable bonds is 6. The first kappa shape index (κ1) is 19.7. The fraction of sp³-hybridized carbons (Fsp3) is 0.105. The molecule has 148 valence electrons. The van der Waals surface area contributed by atoms with Crippen molar-refractivity contribution in [3.8, 4) is 0 Å². The van der Waals surface area contributed by atoms with E-state index in [1.54, 1.807) is 24.3 Å². The van der Waals surface area contributed by atoms with Crippen LogP contribution in [0.3, 0.4) is 0 Å². The van der Waals surface area contributed by atoms with Crippen LogP contribution in [-0.2, 0) is 4.74 Å². The molecule has 0 atom stereocenters. The lowest BCUT2D eigenvalue weighted by Crippen LogP contribution is -2.18. The van der Waals surface area contributed by atoms with Crippen molar-refractivity contribution >= 4 is 34.7 Å². The summed E-state index contributed by atoms with van der Waals surface area (Å²) in [7, 11) is 2.76. The number of nitro groups is 1. The normalized spacial score (nSPS) is 10.3. The number of methoxy groups -OCH3 is 1. The van der Waals surface area contributed by atoms with E-state index in [2.05, 4.69) is 15.3 Å². The van der Waals surface area contributed by atoms with Gasteiger partial charge in [0.1, 0.15) is 12.1 Å². The molecule has 0 aliphatic carbocycles. The van der Waals surface area contributed by atoms with Crippen LogP contribution in [0.5, 0.6) is 0 Å². The van der Waals surface area contributed by atoms with Crippen LogP contribution in [0.25, 0.3) is 0 Å². The first-order valence-corrected chi connectivity index (χ1v) is 8.36. The maximum Gasteiger partial charge on any atom is 0.354 e. The van der Waals surface area contributed by atoms with E-state index in [0.717, 1.165) is 6.33 Å². The van der Waals surface area contributed by atoms with Crippen molar-refractivity contribution in [3.63, 3.8) is 0 Å². The lowest BCUT2D eigenvalue weighted by Gasteiger charge is -2.21. The van der Waals surface area contributed by atoms with Crippen molar-refractivity contribution < 1.29 is 18.8 Å². The maximum atomic E-state index is 14.0. The summed E-state index contributed by atoms with van der Waals surface area (Å²) in [6, 6.07) is 12.2. The summed E-state index contributed by atoms with van der Waals surface area (Å²) < 4.78 is 18.7. The van der Waals surface area contributed by atoms with Gasteiger partial charge in [0.25, 0.3) is 0 Å². The maximum absolute atomic E-state index is 14.0. The second-order valence-electron chi connectivity index (χ2n) is 5.82. The van der Waals surface area contributed by atoms with E-state index in [1.165, 1.54) is 43.3 Å². The molecule has 10 heteroatoms. The molecule has 1 N–H and O–H groups in total. The third kappa shape index (κ3) is 3.95. The summed E-state index contributed by atoms with van der Waals surface area (Å²) in [5.74, 6) is -1.46. The molecule has 0 amide bonds. The van der Waals surface area contributed by atoms with Crippen LogP contribution in [-0.4, -0.2) is 35.0 Å². The Morgan fingerprint density at radius 2 is 1.86 bits per heavy atom. The van der Waals surface area contributed by atoms with Crippen LogP contribution >= 0.6 is 0 Å². The molecular weight excluding hydrogens is 381 g/mol. The van der Waals surface area contributed by atoms with Gasteiger partial charge in [0.2, 0.25) is 11.6 Å². The van der Waals surface area contributed by atoms with Gasteiger partial charge in [0.15, 0.2) is 0 Å². The molecule has 0 fully saturated rings. The summed E-state index contributed by atoms with van der Waals surface area (Å²) in [4.78, 5) is 32.5. The highest BCUT2D eigenvalue weighted by molar-refractivity contribution is 5.97. The predicted octanol–water partition coefficient (Wildman–Crippen LogP) is 3.82. The summed E-state index contributed by atoms with van der Waals surface area (Å²) in [6.07, 6.45) is 1.11. The van der Waals surface area contributed by atoms with Gasteiger partial charge in [-0.2, -0.15) is 0 Å². The van der Waals surface area contributed by atoms with Crippen molar-refractivity contribution in [1.29, 1.82) is 0 Å². The van der Waals surface area contributed by atoms with Gasteiger partial charge in [0, 0.05) is 7.05 Å². The number of benzene rings is 2. The highest BCUT2D eigenvalue weighted by Gasteiger charge is 2.28. The molecule has 0 radical (unpaired) electrons. The SMILES string of the molecule is COC(=O)c1ccccc1N(C)c1ncnc(Nc2ccccc2F)c1[N+](=O)[O-]. The van der Waals surface area contributed by atoms with Crippen LogP contribution in [0.4, 0.5) is 33.1 Å². The van der Waals surface area contributed by atoms with E-state index >= 15 is 0 Å². The topological polar surface area (TPSA) is 110 Å². The first-order chi connectivity index (χ1) is 13.9. The molecular formula is C19H16FN5O4. The molecule has 1 aromatic heterocycles. The number of carbonyl (C=O) groups excluding carboxylic acids is 1. The zero-order chi connectivity index (χ0) is 21.0. The van der Waals surface area contributed by atoms with Gasteiger partial charge in [-0.05, 0) is 24.3 Å². The molecule has 0 unspecified atom stereocenters. The van der Waals surface area contributed by atoms with E-state index in [0.29, 0.717) is 5.69 Å². The standard InChI is InChI=1S/C19H16FN5O4/c1-24(15-10-6-3-7-12(15)19(26)29-2)18-16(25(27)28)17(21-11-22-18)23-14-9-5-4-8-13(14)20/h3-11H,1-2H3,(H,21,22,23). The van der Waals surface area contributed by atoms with E-state index in [4.69, 9.17) is 4.74 Å². The Morgan fingerprint density at radius 1 is 1.17 bits per heavy atom.